The molecule has 31 heavy (non-hydrogen) atoms. The van der Waals surface area contributed by atoms with Crippen molar-refractivity contribution >= 4 is 45.8 Å². The van der Waals surface area contributed by atoms with E-state index >= 15 is 0 Å². The fourth-order valence-corrected chi connectivity index (χ4v) is 3.28. The van der Waals surface area contributed by atoms with Gasteiger partial charge < -0.3 is 11.1 Å². The molecule has 5 rings (SSSR count). The summed E-state index contributed by atoms with van der Waals surface area (Å²) >= 11 is 0. The second-order valence-corrected chi connectivity index (χ2v) is 6.81. The zero-order chi connectivity index (χ0) is 21.2. The van der Waals surface area contributed by atoms with E-state index < -0.39 is 0 Å². The summed E-state index contributed by atoms with van der Waals surface area (Å²) in [6, 6.07) is 20.3. The standard InChI is InChI=1S/C23H17N7O/c24-21-19(23(31)27-16-8-2-1-3-9-16)20-22(29-18-11-5-4-10-17(18)28-20)30(21)26-14-15-7-6-12-25-13-15/h1-14H,24H2,(H,27,31)/b26-14+. The van der Waals surface area contributed by atoms with Gasteiger partial charge in [0, 0.05) is 23.6 Å². The Labute approximate surface area is 177 Å². The van der Waals surface area contributed by atoms with E-state index in [0.29, 0.717) is 27.9 Å². The molecule has 8 heteroatoms. The van der Waals surface area contributed by atoms with E-state index in [1.807, 2.05) is 54.6 Å². The molecule has 0 radical (unpaired) electrons. The Hall–Kier alpha value is -4.59. The number of hydrogen-bond acceptors (Lipinski definition) is 6. The third kappa shape index (κ3) is 3.46. The third-order valence-corrected chi connectivity index (χ3v) is 4.74. The van der Waals surface area contributed by atoms with E-state index in [0.717, 1.165) is 5.56 Å². The highest BCUT2D eigenvalue weighted by molar-refractivity contribution is 6.16. The molecule has 0 aliphatic rings. The monoisotopic (exact) mass is 407 g/mol. The molecule has 2 aromatic carbocycles. The van der Waals surface area contributed by atoms with Gasteiger partial charge in [0.05, 0.1) is 17.2 Å². The van der Waals surface area contributed by atoms with Gasteiger partial charge in [-0.2, -0.15) is 9.78 Å². The average Bonchev–Trinajstić information content (AvgIpc) is 3.07. The molecule has 150 valence electrons. The molecule has 0 saturated carbocycles. The van der Waals surface area contributed by atoms with Gasteiger partial charge in [-0.1, -0.05) is 36.4 Å². The zero-order valence-corrected chi connectivity index (χ0v) is 16.3. The van der Waals surface area contributed by atoms with Gasteiger partial charge in [0.1, 0.15) is 16.9 Å². The van der Waals surface area contributed by atoms with Crippen LogP contribution in [0.3, 0.4) is 0 Å². The second-order valence-electron chi connectivity index (χ2n) is 6.81. The molecule has 0 spiro atoms. The molecule has 0 fully saturated rings. The highest BCUT2D eigenvalue weighted by Gasteiger charge is 2.24. The molecule has 1 amide bonds. The maximum Gasteiger partial charge on any atom is 0.261 e. The molecule has 3 N–H and O–H groups in total. The minimum absolute atomic E-state index is 0.152. The fourth-order valence-electron chi connectivity index (χ4n) is 3.28. The van der Waals surface area contributed by atoms with Crippen molar-refractivity contribution in [3.05, 3.63) is 90.3 Å². The highest BCUT2D eigenvalue weighted by atomic mass is 16.1. The predicted octanol–water partition coefficient (Wildman–Crippen LogP) is 3.70. The lowest BCUT2D eigenvalue weighted by Crippen LogP contribution is -2.14. The first-order chi connectivity index (χ1) is 15.2. The maximum absolute atomic E-state index is 13.1. The molecule has 3 aromatic heterocycles. The quantitative estimate of drug-likeness (QED) is 0.441. The van der Waals surface area contributed by atoms with Crippen LogP contribution >= 0.6 is 0 Å². The summed E-state index contributed by atoms with van der Waals surface area (Å²) in [6.07, 6.45) is 4.97. The van der Waals surface area contributed by atoms with Crippen molar-refractivity contribution in [2.24, 2.45) is 5.10 Å². The summed E-state index contributed by atoms with van der Waals surface area (Å²) in [5.41, 5.74) is 10.2. The predicted molar refractivity (Wildman–Crippen MR) is 121 cm³/mol. The van der Waals surface area contributed by atoms with Gasteiger partial charge in [-0.05, 0) is 30.3 Å². The lowest BCUT2D eigenvalue weighted by Gasteiger charge is -2.05. The Kier molecular flexibility index (Phi) is 4.57. The first-order valence-corrected chi connectivity index (χ1v) is 9.58. The van der Waals surface area contributed by atoms with E-state index in [4.69, 9.17) is 5.73 Å². The van der Waals surface area contributed by atoms with Crippen LogP contribution in [0.25, 0.3) is 22.2 Å². The summed E-state index contributed by atoms with van der Waals surface area (Å²) in [4.78, 5) is 26.6. The fraction of sp³-hybridized carbons (Fsp3) is 0. The number of nitrogens with zero attached hydrogens (tertiary/aromatic N) is 5. The summed E-state index contributed by atoms with van der Waals surface area (Å²) in [6.45, 7) is 0. The van der Waals surface area contributed by atoms with Crippen LogP contribution in [0.5, 0.6) is 0 Å². The number of hydrogen-bond donors (Lipinski definition) is 2. The highest BCUT2D eigenvalue weighted by Crippen LogP contribution is 2.28. The Morgan fingerprint density at radius 2 is 1.71 bits per heavy atom. The number of carbonyl (C=O) groups is 1. The minimum Gasteiger partial charge on any atom is -0.383 e. The van der Waals surface area contributed by atoms with Gasteiger partial charge in [-0.3, -0.25) is 9.78 Å². The summed E-state index contributed by atoms with van der Waals surface area (Å²) < 4.78 is 1.43. The van der Waals surface area contributed by atoms with Gasteiger partial charge in [0.15, 0.2) is 5.65 Å². The van der Waals surface area contributed by atoms with Crippen LogP contribution in [0, 0.1) is 0 Å². The topological polar surface area (TPSA) is 111 Å². The molecule has 0 bridgehead atoms. The summed E-state index contributed by atoms with van der Waals surface area (Å²) in [7, 11) is 0. The molecule has 0 unspecified atom stereocenters. The van der Waals surface area contributed by atoms with Gasteiger partial charge >= 0.3 is 0 Å². The van der Waals surface area contributed by atoms with Crippen molar-refractivity contribution in [2.45, 2.75) is 0 Å². The molecule has 0 saturated heterocycles. The molecule has 3 heterocycles. The molecular weight excluding hydrogens is 390 g/mol. The number of benzene rings is 2. The van der Waals surface area contributed by atoms with Crippen molar-refractivity contribution in [1.82, 2.24) is 19.6 Å². The molecule has 8 nitrogen and oxygen atoms in total. The second kappa shape index (κ2) is 7.68. The van der Waals surface area contributed by atoms with Gasteiger partial charge in [-0.15, -0.1) is 0 Å². The van der Waals surface area contributed by atoms with Crippen molar-refractivity contribution in [3.63, 3.8) is 0 Å². The van der Waals surface area contributed by atoms with Gasteiger partial charge in [0.25, 0.3) is 5.91 Å². The first-order valence-electron chi connectivity index (χ1n) is 9.58. The number of pyridine rings is 1. The van der Waals surface area contributed by atoms with E-state index in [9.17, 15) is 4.79 Å². The zero-order valence-electron chi connectivity index (χ0n) is 16.3. The number of nitrogens with two attached hydrogens (primary N) is 1. The lowest BCUT2D eigenvalue weighted by atomic mass is 10.2. The number of amides is 1. The number of rotatable bonds is 4. The molecule has 5 aromatic rings. The number of aromatic nitrogens is 4. The molecule has 0 aliphatic heterocycles. The van der Waals surface area contributed by atoms with Crippen molar-refractivity contribution in [3.8, 4) is 0 Å². The molecular formula is C23H17N7O. The van der Waals surface area contributed by atoms with E-state index in [-0.39, 0.29) is 17.3 Å². The molecule has 0 aliphatic carbocycles. The van der Waals surface area contributed by atoms with E-state index in [2.05, 4.69) is 25.4 Å². The Morgan fingerprint density at radius 3 is 2.45 bits per heavy atom. The number of nitrogens with one attached hydrogen (secondary N) is 1. The molecule has 0 atom stereocenters. The number of fused-ring (bicyclic) bond motifs is 2. The number of para-hydroxylation sites is 3. The smallest absolute Gasteiger partial charge is 0.261 e. The third-order valence-electron chi connectivity index (χ3n) is 4.74. The normalized spacial score (nSPS) is 11.4. The number of nitrogen functional groups attached to an aromatic ring is 1. The summed E-state index contributed by atoms with van der Waals surface area (Å²) in [5.74, 6) is -0.229. The summed E-state index contributed by atoms with van der Waals surface area (Å²) in [5, 5.41) is 7.33. The van der Waals surface area contributed by atoms with Crippen molar-refractivity contribution < 1.29 is 4.79 Å². The average molecular weight is 407 g/mol. The van der Waals surface area contributed by atoms with Crippen LogP contribution in [0.15, 0.2) is 84.2 Å². The van der Waals surface area contributed by atoms with Gasteiger partial charge in [0.2, 0.25) is 0 Å². The lowest BCUT2D eigenvalue weighted by molar-refractivity contribution is 0.102. The first kappa shape index (κ1) is 18.4. The largest absolute Gasteiger partial charge is 0.383 e. The van der Waals surface area contributed by atoms with Crippen LogP contribution in [-0.4, -0.2) is 31.7 Å². The van der Waals surface area contributed by atoms with Crippen LogP contribution < -0.4 is 11.1 Å². The van der Waals surface area contributed by atoms with Crippen LogP contribution in [-0.2, 0) is 0 Å². The van der Waals surface area contributed by atoms with E-state index in [1.54, 1.807) is 30.7 Å². The number of anilines is 2. The van der Waals surface area contributed by atoms with Crippen LogP contribution in [0.4, 0.5) is 11.5 Å². The minimum atomic E-state index is -0.381. The van der Waals surface area contributed by atoms with Gasteiger partial charge in [-0.25, -0.2) is 9.97 Å². The number of carbonyl (C=O) groups excluding carboxylic acids is 1. The Bertz CT molecular complexity index is 1430. The van der Waals surface area contributed by atoms with Crippen molar-refractivity contribution in [1.29, 1.82) is 0 Å². The Morgan fingerprint density at radius 1 is 0.968 bits per heavy atom. The SMILES string of the molecule is Nc1c(C(=O)Nc2ccccc2)c2nc3ccccc3nc2n1/N=C/c1cccnc1. The Balaban J connectivity index is 1.68. The van der Waals surface area contributed by atoms with Crippen LogP contribution in [0.2, 0.25) is 0 Å². The van der Waals surface area contributed by atoms with Crippen LogP contribution in [0.1, 0.15) is 15.9 Å². The maximum atomic E-state index is 13.1. The van der Waals surface area contributed by atoms with E-state index in [1.165, 1.54) is 4.68 Å². The van der Waals surface area contributed by atoms with Crippen molar-refractivity contribution in [2.75, 3.05) is 11.1 Å².